The Labute approximate surface area is 140 Å². The average molecular weight is 338 g/mol. The highest BCUT2D eigenvalue weighted by atomic mass is 35.5. The van der Waals surface area contributed by atoms with Crippen LogP contribution in [0.2, 0.25) is 5.02 Å². The van der Waals surface area contributed by atoms with E-state index in [9.17, 15) is 9.59 Å². The minimum Gasteiger partial charge on any atom is -0.481 e. The van der Waals surface area contributed by atoms with Crippen molar-refractivity contribution >= 4 is 23.5 Å². The molecule has 1 saturated carbocycles. The van der Waals surface area contributed by atoms with Crippen LogP contribution < -0.4 is 5.32 Å². The highest BCUT2D eigenvalue weighted by Gasteiger charge is 2.48. The third kappa shape index (κ3) is 3.51. The fraction of sp³-hybridized carbons (Fsp3) is 0.529. The number of carboxylic acids is 1. The van der Waals surface area contributed by atoms with Crippen molar-refractivity contribution in [3.63, 3.8) is 0 Å². The summed E-state index contributed by atoms with van der Waals surface area (Å²) in [6.45, 7) is 1.80. The van der Waals surface area contributed by atoms with Gasteiger partial charge in [0.15, 0.2) is 0 Å². The first-order valence-corrected chi connectivity index (χ1v) is 8.24. The maximum absolute atomic E-state index is 12.2. The summed E-state index contributed by atoms with van der Waals surface area (Å²) < 4.78 is 5.47. The van der Waals surface area contributed by atoms with Gasteiger partial charge in [-0.3, -0.25) is 9.59 Å². The van der Waals surface area contributed by atoms with Gasteiger partial charge < -0.3 is 15.2 Å². The molecular formula is C17H20ClNO4. The summed E-state index contributed by atoms with van der Waals surface area (Å²) in [4.78, 5) is 23.1. The zero-order valence-electron chi connectivity index (χ0n) is 12.8. The second-order valence-electron chi connectivity index (χ2n) is 6.40. The predicted molar refractivity (Wildman–Crippen MR) is 85.4 cm³/mol. The van der Waals surface area contributed by atoms with Crippen molar-refractivity contribution in [2.75, 3.05) is 19.8 Å². The Bertz CT molecular complexity index is 595. The molecule has 0 aromatic heterocycles. The van der Waals surface area contributed by atoms with Gasteiger partial charge in [-0.15, -0.1) is 0 Å². The van der Waals surface area contributed by atoms with E-state index in [2.05, 4.69) is 5.32 Å². The maximum atomic E-state index is 12.2. The monoisotopic (exact) mass is 337 g/mol. The van der Waals surface area contributed by atoms with Crippen molar-refractivity contribution in [1.82, 2.24) is 5.32 Å². The van der Waals surface area contributed by atoms with Gasteiger partial charge in [0.2, 0.25) is 5.91 Å². The van der Waals surface area contributed by atoms with Crippen LogP contribution >= 0.6 is 11.6 Å². The number of ether oxygens (including phenoxy) is 1. The number of carboxylic acid groups (broad SMARTS) is 1. The number of hydrogen-bond acceptors (Lipinski definition) is 3. The SMILES string of the molecule is O=C(O)[C@@H]1C[C@H]1C(=O)NCC1(c2ccc(Cl)cc2)CCOCC1. The third-order valence-electron chi connectivity index (χ3n) is 4.95. The molecule has 0 spiro atoms. The van der Waals surface area contributed by atoms with Crippen molar-refractivity contribution in [1.29, 1.82) is 0 Å². The summed E-state index contributed by atoms with van der Waals surface area (Å²) in [5.41, 5.74) is 0.961. The van der Waals surface area contributed by atoms with Crippen molar-refractivity contribution < 1.29 is 19.4 Å². The van der Waals surface area contributed by atoms with Gasteiger partial charge in [0.05, 0.1) is 11.8 Å². The lowest BCUT2D eigenvalue weighted by Gasteiger charge is -2.38. The molecule has 23 heavy (non-hydrogen) atoms. The molecule has 5 nitrogen and oxygen atoms in total. The lowest BCUT2D eigenvalue weighted by atomic mass is 9.74. The van der Waals surface area contributed by atoms with Gasteiger partial charge in [-0.05, 0) is 37.0 Å². The first-order valence-electron chi connectivity index (χ1n) is 7.86. The van der Waals surface area contributed by atoms with Crippen molar-refractivity contribution in [3.8, 4) is 0 Å². The van der Waals surface area contributed by atoms with Crippen molar-refractivity contribution in [3.05, 3.63) is 34.9 Å². The Morgan fingerprint density at radius 3 is 2.43 bits per heavy atom. The Morgan fingerprint density at radius 2 is 1.87 bits per heavy atom. The Morgan fingerprint density at radius 1 is 1.22 bits per heavy atom. The fourth-order valence-electron chi connectivity index (χ4n) is 3.28. The molecule has 2 N–H and O–H groups in total. The largest absolute Gasteiger partial charge is 0.481 e. The van der Waals surface area contributed by atoms with E-state index in [-0.39, 0.29) is 17.2 Å². The Balaban J connectivity index is 1.69. The van der Waals surface area contributed by atoms with Gasteiger partial charge in [0.25, 0.3) is 0 Å². The summed E-state index contributed by atoms with van der Waals surface area (Å²) in [5.74, 6) is -1.94. The van der Waals surface area contributed by atoms with E-state index in [1.54, 1.807) is 0 Å². The zero-order chi connectivity index (χ0) is 16.4. The number of hydrogen-bond donors (Lipinski definition) is 2. The third-order valence-corrected chi connectivity index (χ3v) is 5.20. The van der Waals surface area contributed by atoms with Crippen LogP contribution in [0.25, 0.3) is 0 Å². The van der Waals surface area contributed by atoms with E-state index in [0.29, 0.717) is 31.2 Å². The fourth-order valence-corrected chi connectivity index (χ4v) is 3.40. The van der Waals surface area contributed by atoms with E-state index >= 15 is 0 Å². The predicted octanol–water partition coefficient (Wildman–Crippen LogP) is 2.23. The molecule has 1 amide bonds. The lowest BCUT2D eigenvalue weighted by Crippen LogP contribution is -2.45. The molecule has 2 aliphatic rings. The summed E-state index contributed by atoms with van der Waals surface area (Å²) >= 11 is 5.97. The van der Waals surface area contributed by atoms with Crippen molar-refractivity contribution in [2.45, 2.75) is 24.7 Å². The van der Waals surface area contributed by atoms with Gasteiger partial charge in [-0.25, -0.2) is 0 Å². The van der Waals surface area contributed by atoms with Gasteiger partial charge in [0, 0.05) is 30.2 Å². The summed E-state index contributed by atoms with van der Waals surface area (Å²) in [6.07, 6.45) is 2.09. The summed E-state index contributed by atoms with van der Waals surface area (Å²) in [6, 6.07) is 7.71. The number of carbonyl (C=O) groups is 2. The molecule has 1 heterocycles. The summed E-state index contributed by atoms with van der Waals surface area (Å²) in [5, 5.41) is 12.6. The van der Waals surface area contributed by atoms with E-state index in [1.165, 1.54) is 0 Å². The number of rotatable bonds is 5. The molecule has 1 saturated heterocycles. The van der Waals surface area contributed by atoms with Crippen LogP contribution in [0, 0.1) is 11.8 Å². The second kappa shape index (κ2) is 6.49. The molecular weight excluding hydrogens is 318 g/mol. The number of aliphatic carboxylic acids is 1. The molecule has 2 atom stereocenters. The highest BCUT2D eigenvalue weighted by Crippen LogP contribution is 2.39. The lowest BCUT2D eigenvalue weighted by molar-refractivity contribution is -0.140. The van der Waals surface area contributed by atoms with Gasteiger partial charge >= 0.3 is 5.97 Å². The summed E-state index contributed by atoms with van der Waals surface area (Å²) in [7, 11) is 0. The van der Waals surface area contributed by atoms with Crippen LogP contribution in [-0.2, 0) is 19.7 Å². The second-order valence-corrected chi connectivity index (χ2v) is 6.84. The number of benzene rings is 1. The quantitative estimate of drug-likeness (QED) is 0.864. The van der Waals surface area contributed by atoms with Crippen LogP contribution in [0.1, 0.15) is 24.8 Å². The number of amides is 1. The molecule has 1 aromatic carbocycles. The van der Waals surface area contributed by atoms with E-state index in [1.807, 2.05) is 24.3 Å². The zero-order valence-corrected chi connectivity index (χ0v) is 13.5. The molecule has 6 heteroatoms. The van der Waals surface area contributed by atoms with E-state index < -0.39 is 11.9 Å². The number of nitrogens with one attached hydrogen (secondary N) is 1. The Kier molecular flexibility index (Phi) is 4.60. The van der Waals surface area contributed by atoms with Crippen LogP contribution in [0.15, 0.2) is 24.3 Å². The van der Waals surface area contributed by atoms with Crippen LogP contribution in [-0.4, -0.2) is 36.7 Å². The van der Waals surface area contributed by atoms with Crippen LogP contribution in [0.3, 0.4) is 0 Å². The van der Waals surface area contributed by atoms with Gasteiger partial charge in [0.1, 0.15) is 0 Å². The van der Waals surface area contributed by atoms with Gasteiger partial charge in [-0.1, -0.05) is 23.7 Å². The minimum atomic E-state index is -0.886. The van der Waals surface area contributed by atoms with Crippen molar-refractivity contribution in [2.24, 2.45) is 11.8 Å². The standard InChI is InChI=1S/C17H20ClNO4/c18-12-3-1-11(2-4-12)17(5-7-23-8-6-17)10-19-15(20)13-9-14(13)16(21)22/h1-4,13-14H,5-10H2,(H,19,20)(H,21,22)/t13-,14-/m1/s1. The van der Waals surface area contributed by atoms with E-state index in [0.717, 1.165) is 18.4 Å². The molecule has 0 radical (unpaired) electrons. The average Bonchev–Trinajstić information content (AvgIpc) is 3.35. The highest BCUT2D eigenvalue weighted by molar-refractivity contribution is 6.30. The Hall–Kier alpha value is -1.59. The first-order chi connectivity index (χ1) is 11.0. The minimum absolute atomic E-state index is 0.155. The molecule has 3 rings (SSSR count). The molecule has 1 aromatic rings. The topological polar surface area (TPSA) is 75.6 Å². The van der Waals surface area contributed by atoms with Gasteiger partial charge in [-0.2, -0.15) is 0 Å². The first kappa shape index (κ1) is 16.3. The van der Waals surface area contributed by atoms with Crippen LogP contribution in [0.4, 0.5) is 0 Å². The molecule has 124 valence electrons. The maximum Gasteiger partial charge on any atom is 0.307 e. The normalized spacial score (nSPS) is 25.6. The number of carbonyl (C=O) groups excluding carboxylic acids is 1. The molecule has 0 bridgehead atoms. The van der Waals surface area contributed by atoms with Crippen LogP contribution in [0.5, 0.6) is 0 Å². The number of halogens is 1. The molecule has 1 aliphatic carbocycles. The molecule has 2 fully saturated rings. The molecule has 1 aliphatic heterocycles. The van der Waals surface area contributed by atoms with E-state index in [4.69, 9.17) is 21.4 Å². The molecule has 0 unspecified atom stereocenters. The smallest absolute Gasteiger partial charge is 0.307 e.